The molecule has 0 bridgehead atoms. The molecule has 0 spiro atoms. The number of benzene rings is 1. The Bertz CT molecular complexity index is 466. The highest BCUT2D eigenvalue weighted by molar-refractivity contribution is 7.89. The summed E-state index contributed by atoms with van der Waals surface area (Å²) in [4.78, 5) is 0.323. The van der Waals surface area contributed by atoms with Crippen LogP contribution in [0.4, 0.5) is 0 Å². The minimum absolute atomic E-state index is 0.0564. The van der Waals surface area contributed by atoms with Gasteiger partial charge in [-0.25, -0.2) is 13.1 Å². The lowest BCUT2D eigenvalue weighted by Gasteiger charge is -2.28. The Morgan fingerprint density at radius 2 is 1.83 bits per heavy atom. The van der Waals surface area contributed by atoms with Gasteiger partial charge in [0.25, 0.3) is 0 Å². The fourth-order valence-corrected chi connectivity index (χ4v) is 3.56. The number of hydrogen-bond donors (Lipinski definition) is 1. The zero-order valence-corrected chi connectivity index (χ0v) is 11.3. The summed E-state index contributed by atoms with van der Waals surface area (Å²) in [5.74, 6) is 0.359. The largest absolute Gasteiger partial charge is 0.381 e. The predicted octanol–water partition coefficient (Wildman–Crippen LogP) is 1.78. The third kappa shape index (κ3) is 3.31. The van der Waals surface area contributed by atoms with Crippen molar-refractivity contribution in [1.82, 2.24) is 4.72 Å². The minimum Gasteiger partial charge on any atom is -0.381 e. The van der Waals surface area contributed by atoms with Crippen LogP contribution in [-0.4, -0.2) is 27.7 Å². The molecule has 1 unspecified atom stereocenters. The van der Waals surface area contributed by atoms with Crippen LogP contribution in [0.3, 0.4) is 0 Å². The smallest absolute Gasteiger partial charge is 0.240 e. The second kappa shape index (κ2) is 5.82. The summed E-state index contributed by atoms with van der Waals surface area (Å²) < 4.78 is 32.3. The van der Waals surface area contributed by atoms with Crippen LogP contribution in [0.15, 0.2) is 35.2 Å². The van der Waals surface area contributed by atoms with Crippen molar-refractivity contribution in [1.29, 1.82) is 0 Å². The first-order chi connectivity index (χ1) is 8.59. The van der Waals surface area contributed by atoms with Crippen molar-refractivity contribution in [3.8, 4) is 0 Å². The van der Waals surface area contributed by atoms with E-state index in [1.54, 1.807) is 30.3 Å². The molecule has 1 aliphatic heterocycles. The Labute approximate surface area is 108 Å². The topological polar surface area (TPSA) is 55.4 Å². The van der Waals surface area contributed by atoms with Crippen molar-refractivity contribution in [3.05, 3.63) is 30.3 Å². The van der Waals surface area contributed by atoms with Crippen LogP contribution in [-0.2, 0) is 14.8 Å². The molecule has 1 fully saturated rings. The van der Waals surface area contributed by atoms with Gasteiger partial charge in [-0.2, -0.15) is 0 Å². The van der Waals surface area contributed by atoms with Gasteiger partial charge >= 0.3 is 0 Å². The minimum atomic E-state index is -3.40. The molecule has 0 amide bonds. The van der Waals surface area contributed by atoms with Gasteiger partial charge in [0.1, 0.15) is 0 Å². The molecular formula is C13H19NO3S. The van der Waals surface area contributed by atoms with E-state index in [-0.39, 0.29) is 6.04 Å². The zero-order chi connectivity index (χ0) is 13.0. The molecule has 1 aromatic carbocycles. The first kappa shape index (κ1) is 13.5. The van der Waals surface area contributed by atoms with E-state index < -0.39 is 10.0 Å². The second-order valence-corrected chi connectivity index (χ2v) is 6.39. The molecule has 18 heavy (non-hydrogen) atoms. The standard InChI is InChI=1S/C13H19NO3S/c1-11(12-7-9-17-10-8-12)14-18(15,16)13-5-3-2-4-6-13/h2-6,11-12,14H,7-10H2,1H3. The second-order valence-electron chi connectivity index (χ2n) is 4.67. The molecule has 100 valence electrons. The van der Waals surface area contributed by atoms with Crippen molar-refractivity contribution in [2.75, 3.05) is 13.2 Å². The van der Waals surface area contributed by atoms with Gasteiger partial charge in [-0.15, -0.1) is 0 Å². The Kier molecular flexibility index (Phi) is 4.37. The Balaban J connectivity index is 2.04. The first-order valence-electron chi connectivity index (χ1n) is 6.25. The van der Waals surface area contributed by atoms with E-state index in [4.69, 9.17) is 4.74 Å². The van der Waals surface area contributed by atoms with Crippen LogP contribution in [0.25, 0.3) is 0 Å². The Morgan fingerprint density at radius 1 is 1.22 bits per heavy atom. The van der Waals surface area contributed by atoms with Crippen LogP contribution >= 0.6 is 0 Å². The SMILES string of the molecule is CC(NS(=O)(=O)c1ccccc1)C1CCOCC1. The molecule has 1 N–H and O–H groups in total. The summed E-state index contributed by atoms with van der Waals surface area (Å²) >= 11 is 0. The van der Waals surface area contributed by atoms with E-state index in [0.717, 1.165) is 26.1 Å². The molecule has 1 aromatic rings. The molecule has 1 atom stereocenters. The van der Waals surface area contributed by atoms with Crippen molar-refractivity contribution >= 4 is 10.0 Å². The molecule has 0 aromatic heterocycles. The fourth-order valence-electron chi connectivity index (χ4n) is 2.22. The molecule has 4 nitrogen and oxygen atoms in total. The summed E-state index contributed by atoms with van der Waals surface area (Å²) in [5, 5.41) is 0. The van der Waals surface area contributed by atoms with E-state index in [9.17, 15) is 8.42 Å². The average molecular weight is 269 g/mol. The summed E-state index contributed by atoms with van der Waals surface area (Å²) in [7, 11) is -3.40. The van der Waals surface area contributed by atoms with E-state index in [1.165, 1.54) is 0 Å². The predicted molar refractivity (Wildman–Crippen MR) is 69.8 cm³/mol. The van der Waals surface area contributed by atoms with Gasteiger partial charge in [-0.3, -0.25) is 0 Å². The van der Waals surface area contributed by atoms with Crippen LogP contribution in [0.1, 0.15) is 19.8 Å². The maximum atomic E-state index is 12.1. The summed E-state index contributed by atoms with van der Waals surface area (Å²) in [6.45, 7) is 3.38. The summed E-state index contributed by atoms with van der Waals surface area (Å²) in [6.07, 6.45) is 1.83. The van der Waals surface area contributed by atoms with E-state index in [1.807, 2.05) is 6.92 Å². The number of ether oxygens (including phenoxy) is 1. The number of nitrogens with one attached hydrogen (secondary N) is 1. The quantitative estimate of drug-likeness (QED) is 0.906. The molecule has 2 rings (SSSR count). The number of rotatable bonds is 4. The van der Waals surface area contributed by atoms with Crippen molar-refractivity contribution < 1.29 is 13.2 Å². The lowest BCUT2D eigenvalue weighted by molar-refractivity contribution is 0.0585. The molecule has 1 heterocycles. The molecule has 0 saturated carbocycles. The van der Waals surface area contributed by atoms with Gasteiger partial charge in [-0.05, 0) is 37.8 Å². The van der Waals surface area contributed by atoms with Gasteiger partial charge in [0.05, 0.1) is 4.90 Å². The van der Waals surface area contributed by atoms with Gasteiger partial charge in [0.2, 0.25) is 10.0 Å². The maximum Gasteiger partial charge on any atom is 0.240 e. The average Bonchev–Trinajstić information content (AvgIpc) is 2.40. The summed E-state index contributed by atoms with van der Waals surface area (Å²) in [6, 6.07) is 8.43. The lowest BCUT2D eigenvalue weighted by atomic mass is 9.94. The Hall–Kier alpha value is -0.910. The zero-order valence-electron chi connectivity index (χ0n) is 10.5. The van der Waals surface area contributed by atoms with E-state index >= 15 is 0 Å². The van der Waals surface area contributed by atoms with E-state index in [0.29, 0.717) is 10.8 Å². The maximum absolute atomic E-state index is 12.1. The van der Waals surface area contributed by atoms with Crippen molar-refractivity contribution in [2.24, 2.45) is 5.92 Å². The van der Waals surface area contributed by atoms with Crippen LogP contribution in [0.5, 0.6) is 0 Å². The molecule has 1 aliphatic rings. The van der Waals surface area contributed by atoms with Crippen molar-refractivity contribution in [3.63, 3.8) is 0 Å². The third-order valence-electron chi connectivity index (χ3n) is 3.37. The van der Waals surface area contributed by atoms with Crippen LogP contribution in [0, 0.1) is 5.92 Å². The number of hydrogen-bond acceptors (Lipinski definition) is 3. The monoisotopic (exact) mass is 269 g/mol. The van der Waals surface area contributed by atoms with Gasteiger partial charge < -0.3 is 4.74 Å². The summed E-state index contributed by atoms with van der Waals surface area (Å²) in [5.41, 5.74) is 0. The van der Waals surface area contributed by atoms with Crippen LogP contribution < -0.4 is 4.72 Å². The molecular weight excluding hydrogens is 250 g/mol. The molecule has 0 aliphatic carbocycles. The normalized spacial score (nSPS) is 19.6. The Morgan fingerprint density at radius 3 is 2.44 bits per heavy atom. The van der Waals surface area contributed by atoms with Crippen molar-refractivity contribution in [2.45, 2.75) is 30.7 Å². The highest BCUT2D eigenvalue weighted by atomic mass is 32.2. The van der Waals surface area contributed by atoms with Gasteiger partial charge in [0.15, 0.2) is 0 Å². The molecule has 0 radical (unpaired) electrons. The fraction of sp³-hybridized carbons (Fsp3) is 0.538. The van der Waals surface area contributed by atoms with Gasteiger partial charge in [-0.1, -0.05) is 18.2 Å². The highest BCUT2D eigenvalue weighted by Gasteiger charge is 2.25. The number of sulfonamides is 1. The van der Waals surface area contributed by atoms with E-state index in [2.05, 4.69) is 4.72 Å². The lowest BCUT2D eigenvalue weighted by Crippen LogP contribution is -2.40. The van der Waals surface area contributed by atoms with Crippen LogP contribution in [0.2, 0.25) is 0 Å². The highest BCUT2D eigenvalue weighted by Crippen LogP contribution is 2.20. The third-order valence-corrected chi connectivity index (χ3v) is 4.94. The molecule has 1 saturated heterocycles. The molecule has 5 heteroatoms. The first-order valence-corrected chi connectivity index (χ1v) is 7.73. The van der Waals surface area contributed by atoms with Gasteiger partial charge in [0, 0.05) is 19.3 Å².